The third-order valence-electron chi connectivity index (χ3n) is 4.13. The van der Waals surface area contributed by atoms with Crippen LogP contribution in [-0.2, 0) is 0 Å². The number of amides is 1. The van der Waals surface area contributed by atoms with E-state index < -0.39 is 0 Å². The average molecular weight is 346 g/mol. The highest BCUT2D eigenvalue weighted by Crippen LogP contribution is 2.18. The van der Waals surface area contributed by atoms with Gasteiger partial charge >= 0.3 is 0 Å². The van der Waals surface area contributed by atoms with Crippen LogP contribution in [-0.4, -0.2) is 30.3 Å². The van der Waals surface area contributed by atoms with Crippen molar-refractivity contribution in [3.63, 3.8) is 0 Å². The summed E-state index contributed by atoms with van der Waals surface area (Å²) in [7, 11) is 0. The quantitative estimate of drug-likeness (QED) is 0.618. The molecule has 0 unspecified atom stereocenters. The molecule has 0 saturated carbocycles. The largest absolute Gasteiger partial charge is 0.305 e. The zero-order valence-corrected chi connectivity index (χ0v) is 14.8. The van der Waals surface area contributed by atoms with Crippen molar-refractivity contribution in [1.29, 1.82) is 0 Å². The van der Waals surface area contributed by atoms with E-state index in [4.69, 9.17) is 0 Å². The van der Waals surface area contributed by atoms with Crippen LogP contribution in [0, 0.1) is 20.8 Å². The molecule has 0 saturated heterocycles. The number of rotatable bonds is 3. The molecule has 0 bridgehead atoms. The average Bonchev–Trinajstić information content (AvgIpc) is 3.19. The molecule has 130 valence electrons. The van der Waals surface area contributed by atoms with Gasteiger partial charge in [-0.25, -0.2) is 4.68 Å². The molecule has 0 aliphatic rings. The van der Waals surface area contributed by atoms with E-state index in [0.717, 1.165) is 11.4 Å². The number of nitrogens with zero attached hydrogens (tertiary/aromatic N) is 5. The molecular weight excluding hydrogens is 328 g/mol. The molecule has 0 atom stereocenters. The lowest BCUT2D eigenvalue weighted by Crippen LogP contribution is -2.13. The third-order valence-corrected chi connectivity index (χ3v) is 4.13. The highest BCUT2D eigenvalue weighted by molar-refractivity contribution is 6.03. The van der Waals surface area contributed by atoms with Crippen LogP contribution in [0.3, 0.4) is 0 Å². The van der Waals surface area contributed by atoms with E-state index in [1.165, 1.54) is 11.1 Å². The number of hydrogen-bond acceptors (Lipinski definition) is 4. The molecule has 0 radical (unpaired) electrons. The maximum atomic E-state index is 12.5. The third kappa shape index (κ3) is 2.95. The SMILES string of the molecule is Cc1cc(C)cc(-n2nc(NC(=O)c3ccc4nncn4c3)cc2C)c1. The Morgan fingerprint density at radius 1 is 1.04 bits per heavy atom. The highest BCUT2D eigenvalue weighted by atomic mass is 16.1. The minimum Gasteiger partial charge on any atom is -0.305 e. The smallest absolute Gasteiger partial charge is 0.258 e. The van der Waals surface area contributed by atoms with Crippen LogP contribution in [0.15, 0.2) is 48.9 Å². The normalized spacial score (nSPS) is 11.0. The maximum Gasteiger partial charge on any atom is 0.258 e. The second-order valence-corrected chi connectivity index (χ2v) is 6.40. The first-order valence-electron chi connectivity index (χ1n) is 8.26. The van der Waals surface area contributed by atoms with Gasteiger partial charge in [-0.15, -0.1) is 15.3 Å². The summed E-state index contributed by atoms with van der Waals surface area (Å²) in [5, 5.41) is 15.1. The molecule has 0 fully saturated rings. The summed E-state index contributed by atoms with van der Waals surface area (Å²) >= 11 is 0. The Kier molecular flexibility index (Phi) is 3.76. The number of aryl methyl sites for hydroxylation is 3. The second kappa shape index (κ2) is 6.11. The van der Waals surface area contributed by atoms with Crippen LogP contribution in [0.4, 0.5) is 5.82 Å². The minimum absolute atomic E-state index is 0.231. The monoisotopic (exact) mass is 346 g/mol. The highest BCUT2D eigenvalue weighted by Gasteiger charge is 2.12. The van der Waals surface area contributed by atoms with Gasteiger partial charge in [-0.3, -0.25) is 9.20 Å². The van der Waals surface area contributed by atoms with Crippen LogP contribution < -0.4 is 5.32 Å². The zero-order chi connectivity index (χ0) is 18.3. The molecule has 4 rings (SSSR count). The van der Waals surface area contributed by atoms with Crippen LogP contribution in [0.1, 0.15) is 27.2 Å². The number of carbonyl (C=O) groups excluding carboxylic acids is 1. The van der Waals surface area contributed by atoms with Gasteiger partial charge in [0.15, 0.2) is 11.5 Å². The van der Waals surface area contributed by atoms with E-state index in [1.54, 1.807) is 29.1 Å². The van der Waals surface area contributed by atoms with Crippen molar-refractivity contribution >= 4 is 17.4 Å². The molecule has 1 aromatic carbocycles. The summed E-state index contributed by atoms with van der Waals surface area (Å²) in [6, 6.07) is 11.6. The van der Waals surface area contributed by atoms with Gasteiger partial charge in [0.25, 0.3) is 5.91 Å². The van der Waals surface area contributed by atoms with Crippen LogP contribution in [0.5, 0.6) is 0 Å². The molecule has 7 heteroatoms. The number of pyridine rings is 1. The molecule has 1 amide bonds. The van der Waals surface area contributed by atoms with Crippen molar-refractivity contribution in [2.45, 2.75) is 20.8 Å². The lowest BCUT2D eigenvalue weighted by molar-refractivity contribution is 0.102. The van der Waals surface area contributed by atoms with Gasteiger partial charge in [-0.05, 0) is 56.2 Å². The zero-order valence-electron chi connectivity index (χ0n) is 14.8. The topological polar surface area (TPSA) is 77.1 Å². The Morgan fingerprint density at radius 3 is 2.58 bits per heavy atom. The fraction of sp³-hybridized carbons (Fsp3) is 0.158. The van der Waals surface area contributed by atoms with E-state index in [0.29, 0.717) is 17.0 Å². The summed E-state index contributed by atoms with van der Waals surface area (Å²) in [6.07, 6.45) is 3.25. The second-order valence-electron chi connectivity index (χ2n) is 6.40. The summed E-state index contributed by atoms with van der Waals surface area (Å²) < 4.78 is 3.53. The molecule has 0 aliphatic heterocycles. The molecule has 3 aromatic heterocycles. The predicted octanol–water partition coefficient (Wildman–Crippen LogP) is 3.09. The molecule has 3 heterocycles. The number of aromatic nitrogens is 5. The number of nitrogens with one attached hydrogen (secondary N) is 1. The van der Waals surface area contributed by atoms with Gasteiger partial charge in [0.05, 0.1) is 11.3 Å². The van der Waals surface area contributed by atoms with Crippen molar-refractivity contribution in [3.05, 3.63) is 71.3 Å². The summed E-state index contributed by atoms with van der Waals surface area (Å²) in [5.41, 5.74) is 5.46. The Bertz CT molecular complexity index is 1100. The van der Waals surface area contributed by atoms with Gasteiger partial charge in [0, 0.05) is 18.0 Å². The van der Waals surface area contributed by atoms with E-state index in [1.807, 2.05) is 17.7 Å². The number of anilines is 1. The molecule has 0 spiro atoms. The molecule has 4 aromatic rings. The molecule has 0 aliphatic carbocycles. The van der Waals surface area contributed by atoms with E-state index in [9.17, 15) is 4.79 Å². The Labute approximate surface area is 150 Å². The molecule has 1 N–H and O–H groups in total. The van der Waals surface area contributed by atoms with Crippen LogP contribution >= 0.6 is 0 Å². The summed E-state index contributed by atoms with van der Waals surface area (Å²) in [6.45, 7) is 6.07. The summed E-state index contributed by atoms with van der Waals surface area (Å²) in [4.78, 5) is 12.5. The van der Waals surface area contributed by atoms with Gasteiger partial charge < -0.3 is 5.32 Å². The number of hydrogen-bond donors (Lipinski definition) is 1. The first-order chi connectivity index (χ1) is 12.5. The van der Waals surface area contributed by atoms with Crippen LogP contribution in [0.25, 0.3) is 11.3 Å². The fourth-order valence-corrected chi connectivity index (χ4v) is 3.02. The summed E-state index contributed by atoms with van der Waals surface area (Å²) in [5.74, 6) is 0.279. The van der Waals surface area contributed by atoms with Gasteiger partial charge in [0.1, 0.15) is 6.33 Å². The maximum absolute atomic E-state index is 12.5. The Morgan fingerprint density at radius 2 is 1.81 bits per heavy atom. The lowest BCUT2D eigenvalue weighted by Gasteiger charge is -2.07. The standard InChI is InChI=1S/C19H18N6O/c1-12-6-13(2)8-16(7-12)25-14(3)9-17(23-25)21-19(26)15-4-5-18-22-20-11-24(18)10-15/h4-11H,1-3H3,(H,21,23,26). The van der Waals surface area contributed by atoms with Crippen molar-refractivity contribution in [1.82, 2.24) is 24.4 Å². The fourth-order valence-electron chi connectivity index (χ4n) is 3.02. The Hall–Kier alpha value is -3.48. The first kappa shape index (κ1) is 16.0. The van der Waals surface area contributed by atoms with Crippen molar-refractivity contribution in [3.8, 4) is 5.69 Å². The van der Waals surface area contributed by atoms with Gasteiger partial charge in [-0.2, -0.15) is 0 Å². The molecule has 26 heavy (non-hydrogen) atoms. The van der Waals surface area contributed by atoms with E-state index in [-0.39, 0.29) is 5.91 Å². The minimum atomic E-state index is -0.231. The Balaban J connectivity index is 1.61. The van der Waals surface area contributed by atoms with Crippen LogP contribution in [0.2, 0.25) is 0 Å². The predicted molar refractivity (Wildman–Crippen MR) is 98.7 cm³/mol. The van der Waals surface area contributed by atoms with E-state index in [2.05, 4.69) is 52.7 Å². The number of fused-ring (bicyclic) bond motifs is 1. The van der Waals surface area contributed by atoms with Gasteiger partial charge in [0.2, 0.25) is 0 Å². The van der Waals surface area contributed by atoms with E-state index >= 15 is 0 Å². The van der Waals surface area contributed by atoms with Crippen molar-refractivity contribution < 1.29 is 4.79 Å². The lowest BCUT2D eigenvalue weighted by atomic mass is 10.1. The van der Waals surface area contributed by atoms with Gasteiger partial charge in [-0.1, -0.05) is 6.07 Å². The van der Waals surface area contributed by atoms with Crippen molar-refractivity contribution in [2.24, 2.45) is 0 Å². The first-order valence-corrected chi connectivity index (χ1v) is 8.26. The number of benzene rings is 1. The molecule has 7 nitrogen and oxygen atoms in total. The van der Waals surface area contributed by atoms with Crippen molar-refractivity contribution in [2.75, 3.05) is 5.32 Å². The molecular formula is C19H18N6O. The number of carbonyl (C=O) groups is 1.